The van der Waals surface area contributed by atoms with E-state index in [1.54, 1.807) is 48.2 Å². The number of carbonyl (C=O) groups is 2. The minimum Gasteiger partial charge on any atom is -0.340 e. The quantitative estimate of drug-likeness (QED) is 0.738. The number of benzene rings is 2. The molecule has 0 aliphatic heterocycles. The predicted octanol–water partition coefficient (Wildman–Crippen LogP) is 3.47. The number of hydrogen-bond acceptors (Lipinski definition) is 3. The van der Waals surface area contributed by atoms with E-state index in [0.29, 0.717) is 23.2 Å². The Morgan fingerprint density at radius 1 is 1.19 bits per heavy atom. The van der Waals surface area contributed by atoms with Crippen LogP contribution in [0.4, 0.5) is 5.69 Å². The molecule has 0 heterocycles. The molecule has 1 atom stereocenters. The molecule has 0 saturated carbocycles. The molecule has 4 nitrogen and oxygen atoms in total. The lowest BCUT2D eigenvalue weighted by Gasteiger charge is -2.18. The summed E-state index contributed by atoms with van der Waals surface area (Å²) in [5, 5.41) is 5.67. The van der Waals surface area contributed by atoms with Gasteiger partial charge in [-0.3, -0.25) is 9.59 Å². The Hall–Kier alpha value is -2.71. The number of amides is 2. The lowest BCUT2D eigenvalue weighted by Crippen LogP contribution is -2.44. The van der Waals surface area contributed by atoms with Gasteiger partial charge in [0.1, 0.15) is 6.04 Å². The number of terminal acetylenes is 1. The third-order valence-electron chi connectivity index (χ3n) is 3.81. The molecule has 2 N–H and O–H groups in total. The molecular formula is C21H22N2O2S. The second kappa shape index (κ2) is 9.69. The number of hydrogen-bond donors (Lipinski definition) is 2. The molecule has 0 aromatic heterocycles. The summed E-state index contributed by atoms with van der Waals surface area (Å²) in [6.45, 7) is 1.92. The van der Waals surface area contributed by atoms with Crippen LogP contribution in [-0.2, 0) is 4.79 Å². The zero-order valence-corrected chi connectivity index (χ0v) is 15.7. The monoisotopic (exact) mass is 366 g/mol. The molecule has 2 aromatic carbocycles. The number of carbonyl (C=O) groups excluding carboxylic acids is 2. The van der Waals surface area contributed by atoms with E-state index in [2.05, 4.69) is 16.6 Å². The highest BCUT2D eigenvalue weighted by molar-refractivity contribution is 7.98. The molecule has 2 amide bonds. The highest BCUT2D eigenvalue weighted by atomic mass is 32.2. The number of rotatable bonds is 7. The van der Waals surface area contributed by atoms with E-state index >= 15 is 0 Å². The van der Waals surface area contributed by atoms with Crippen LogP contribution in [0, 0.1) is 19.3 Å². The smallest absolute Gasteiger partial charge is 0.251 e. The molecule has 26 heavy (non-hydrogen) atoms. The fraction of sp³-hybridized carbons (Fsp3) is 0.238. The van der Waals surface area contributed by atoms with Crippen molar-refractivity contribution in [3.05, 3.63) is 65.2 Å². The lowest BCUT2D eigenvalue weighted by molar-refractivity contribution is -0.118. The predicted molar refractivity (Wildman–Crippen MR) is 108 cm³/mol. The molecule has 2 aromatic rings. The normalized spacial score (nSPS) is 11.3. The summed E-state index contributed by atoms with van der Waals surface area (Å²) in [5.74, 6) is 2.79. The summed E-state index contributed by atoms with van der Waals surface area (Å²) in [6.07, 6.45) is 7.90. The Morgan fingerprint density at radius 2 is 1.96 bits per heavy atom. The van der Waals surface area contributed by atoms with E-state index < -0.39 is 6.04 Å². The Balaban J connectivity index is 2.11. The van der Waals surface area contributed by atoms with Gasteiger partial charge in [-0.1, -0.05) is 29.7 Å². The van der Waals surface area contributed by atoms with Crippen LogP contribution in [0.1, 0.15) is 27.9 Å². The van der Waals surface area contributed by atoms with Crippen LogP contribution in [0.3, 0.4) is 0 Å². The van der Waals surface area contributed by atoms with E-state index in [0.717, 1.165) is 11.3 Å². The first kappa shape index (κ1) is 19.6. The third kappa shape index (κ3) is 5.68. The fourth-order valence-electron chi connectivity index (χ4n) is 2.45. The van der Waals surface area contributed by atoms with Gasteiger partial charge < -0.3 is 10.6 Å². The average molecular weight is 366 g/mol. The van der Waals surface area contributed by atoms with Crippen LogP contribution < -0.4 is 10.6 Å². The van der Waals surface area contributed by atoms with E-state index in [9.17, 15) is 9.59 Å². The Labute approximate surface area is 158 Å². The minimum absolute atomic E-state index is 0.255. The lowest BCUT2D eigenvalue weighted by atomic mass is 10.1. The first-order valence-electron chi connectivity index (χ1n) is 8.27. The van der Waals surface area contributed by atoms with Crippen LogP contribution in [-0.4, -0.2) is 29.9 Å². The van der Waals surface area contributed by atoms with Gasteiger partial charge in [0.05, 0.1) is 0 Å². The zero-order valence-electron chi connectivity index (χ0n) is 14.9. The minimum atomic E-state index is -0.620. The van der Waals surface area contributed by atoms with E-state index in [4.69, 9.17) is 6.42 Å². The highest BCUT2D eigenvalue weighted by Gasteiger charge is 2.21. The van der Waals surface area contributed by atoms with Gasteiger partial charge in [-0.05, 0) is 55.7 Å². The fourth-order valence-corrected chi connectivity index (χ4v) is 2.92. The molecule has 0 fully saturated rings. The summed E-state index contributed by atoms with van der Waals surface area (Å²) in [7, 11) is 0. The van der Waals surface area contributed by atoms with Gasteiger partial charge >= 0.3 is 0 Å². The first-order chi connectivity index (χ1) is 12.5. The summed E-state index contributed by atoms with van der Waals surface area (Å²) >= 11 is 1.63. The van der Waals surface area contributed by atoms with Crippen LogP contribution >= 0.6 is 11.8 Å². The molecule has 5 heteroatoms. The molecule has 2 rings (SSSR count). The molecule has 1 unspecified atom stereocenters. The number of aryl methyl sites for hydroxylation is 1. The Morgan fingerprint density at radius 3 is 2.65 bits per heavy atom. The molecule has 0 aliphatic carbocycles. The second-order valence-electron chi connectivity index (χ2n) is 5.89. The van der Waals surface area contributed by atoms with Crippen molar-refractivity contribution in [1.29, 1.82) is 0 Å². The molecule has 0 bridgehead atoms. The van der Waals surface area contributed by atoms with Crippen LogP contribution in [0.25, 0.3) is 0 Å². The number of thioether (sulfide) groups is 1. The SMILES string of the molecule is C#Cc1cccc(NC(=O)C(CCSC)NC(=O)c2cccc(C)c2)c1. The van der Waals surface area contributed by atoms with Crippen molar-refractivity contribution in [2.45, 2.75) is 19.4 Å². The van der Waals surface area contributed by atoms with Gasteiger partial charge in [-0.25, -0.2) is 0 Å². The molecule has 0 aliphatic rings. The first-order valence-corrected chi connectivity index (χ1v) is 9.67. The third-order valence-corrected chi connectivity index (χ3v) is 4.45. The number of anilines is 1. The average Bonchev–Trinajstić information content (AvgIpc) is 2.65. The standard InChI is InChI=1S/C21H22N2O2S/c1-4-16-8-6-10-18(14-16)22-21(25)19(11-12-26-3)23-20(24)17-9-5-7-15(2)13-17/h1,5-10,13-14,19H,11-12H2,2-3H3,(H,22,25)(H,23,24). The van der Waals surface area contributed by atoms with Crippen molar-refractivity contribution >= 4 is 29.3 Å². The maximum Gasteiger partial charge on any atom is 0.251 e. The van der Waals surface area contributed by atoms with Gasteiger partial charge in [-0.2, -0.15) is 11.8 Å². The van der Waals surface area contributed by atoms with E-state index in [-0.39, 0.29) is 11.8 Å². The second-order valence-corrected chi connectivity index (χ2v) is 6.88. The molecule has 134 valence electrons. The van der Waals surface area contributed by atoms with E-state index in [1.807, 2.05) is 25.3 Å². The van der Waals surface area contributed by atoms with Gasteiger partial charge in [0.15, 0.2) is 0 Å². The molecule has 0 spiro atoms. The number of nitrogens with one attached hydrogen (secondary N) is 2. The maximum atomic E-state index is 12.7. The summed E-state index contributed by atoms with van der Waals surface area (Å²) in [5.41, 5.74) is 2.84. The summed E-state index contributed by atoms with van der Waals surface area (Å²) in [4.78, 5) is 25.2. The van der Waals surface area contributed by atoms with Crippen molar-refractivity contribution in [2.24, 2.45) is 0 Å². The molecule has 0 radical (unpaired) electrons. The van der Waals surface area contributed by atoms with Gasteiger partial charge in [-0.15, -0.1) is 6.42 Å². The van der Waals surface area contributed by atoms with Gasteiger partial charge in [0.2, 0.25) is 5.91 Å². The van der Waals surface area contributed by atoms with Crippen molar-refractivity contribution in [3.63, 3.8) is 0 Å². The molecule has 0 saturated heterocycles. The summed E-state index contributed by atoms with van der Waals surface area (Å²) < 4.78 is 0. The van der Waals surface area contributed by atoms with Crippen molar-refractivity contribution in [1.82, 2.24) is 5.32 Å². The Kier molecular flexibility index (Phi) is 7.31. The van der Waals surface area contributed by atoms with Crippen LogP contribution in [0.15, 0.2) is 48.5 Å². The van der Waals surface area contributed by atoms with Crippen molar-refractivity contribution in [3.8, 4) is 12.3 Å². The van der Waals surface area contributed by atoms with Gasteiger partial charge in [0.25, 0.3) is 5.91 Å². The van der Waals surface area contributed by atoms with Crippen LogP contribution in [0.5, 0.6) is 0 Å². The summed E-state index contributed by atoms with van der Waals surface area (Å²) in [6, 6.07) is 13.7. The highest BCUT2D eigenvalue weighted by Crippen LogP contribution is 2.12. The van der Waals surface area contributed by atoms with Crippen molar-refractivity contribution < 1.29 is 9.59 Å². The topological polar surface area (TPSA) is 58.2 Å². The zero-order chi connectivity index (χ0) is 18.9. The maximum absolute atomic E-state index is 12.7. The van der Waals surface area contributed by atoms with Gasteiger partial charge in [0, 0.05) is 16.8 Å². The molecular weight excluding hydrogens is 344 g/mol. The largest absolute Gasteiger partial charge is 0.340 e. The van der Waals surface area contributed by atoms with Crippen molar-refractivity contribution in [2.75, 3.05) is 17.3 Å². The Bertz CT molecular complexity index is 827. The van der Waals surface area contributed by atoms with E-state index in [1.165, 1.54) is 0 Å². The van der Waals surface area contributed by atoms with Crippen LogP contribution in [0.2, 0.25) is 0 Å².